The van der Waals surface area contributed by atoms with E-state index in [0.29, 0.717) is 11.1 Å². The van der Waals surface area contributed by atoms with Crippen LogP contribution in [0.3, 0.4) is 0 Å². The molecule has 0 heterocycles. The molecule has 25 heavy (non-hydrogen) atoms. The number of sulfonamides is 1. The van der Waals surface area contributed by atoms with Crippen molar-refractivity contribution >= 4 is 10.0 Å². The Morgan fingerprint density at radius 2 is 1.28 bits per heavy atom. The van der Waals surface area contributed by atoms with Crippen molar-refractivity contribution in [2.24, 2.45) is 5.92 Å². The van der Waals surface area contributed by atoms with Crippen LogP contribution >= 0.6 is 0 Å². The third-order valence-electron chi connectivity index (χ3n) is 4.03. The predicted octanol–water partition coefficient (Wildman–Crippen LogP) is 2.77. The zero-order valence-electron chi connectivity index (χ0n) is 14.2. The summed E-state index contributed by atoms with van der Waals surface area (Å²) in [6.07, 6.45) is 0.998. The summed E-state index contributed by atoms with van der Waals surface area (Å²) >= 11 is 0. The molecule has 2 aromatic carbocycles. The van der Waals surface area contributed by atoms with Crippen LogP contribution in [-0.4, -0.2) is 25.8 Å². The summed E-state index contributed by atoms with van der Waals surface area (Å²) in [4.78, 5) is 0. The summed E-state index contributed by atoms with van der Waals surface area (Å²) in [6, 6.07) is 9.33. The second kappa shape index (κ2) is 7.19. The molecule has 0 saturated heterocycles. The van der Waals surface area contributed by atoms with Gasteiger partial charge in [0, 0.05) is 0 Å². The largest absolute Gasteiger partial charge is 0.379 e. The number of benzene rings is 2. The van der Waals surface area contributed by atoms with Gasteiger partial charge in [0.15, 0.2) is 0 Å². The van der Waals surface area contributed by atoms with Gasteiger partial charge < -0.3 is 5.11 Å². The molecule has 0 aliphatic heterocycles. The minimum atomic E-state index is -3.64. The van der Waals surface area contributed by atoms with E-state index >= 15 is 0 Å². The Hall–Kier alpha value is -1.83. The molecule has 0 aliphatic rings. The fourth-order valence-electron chi connectivity index (χ4n) is 2.87. The molecule has 2 aromatic rings. The summed E-state index contributed by atoms with van der Waals surface area (Å²) in [5.74, 6) is -1.28. The highest BCUT2D eigenvalue weighted by Crippen LogP contribution is 2.36. The maximum absolute atomic E-state index is 13.3. The van der Waals surface area contributed by atoms with Gasteiger partial charge in [-0.2, -0.15) is 0 Å². The first-order chi connectivity index (χ1) is 11.5. The van der Waals surface area contributed by atoms with E-state index in [9.17, 15) is 22.3 Å². The number of halogens is 2. The summed E-state index contributed by atoms with van der Waals surface area (Å²) in [6.45, 7) is 3.50. The first-order valence-corrected chi connectivity index (χ1v) is 9.65. The monoisotopic (exact) mass is 369 g/mol. The normalized spacial score (nSPS) is 13.9. The van der Waals surface area contributed by atoms with E-state index in [-0.39, 0.29) is 5.92 Å². The molecule has 0 spiro atoms. The lowest BCUT2D eigenvalue weighted by molar-refractivity contribution is 0.0284. The minimum absolute atomic E-state index is 0.301. The van der Waals surface area contributed by atoms with Gasteiger partial charge in [0.25, 0.3) is 0 Å². The maximum Gasteiger partial charge on any atom is 0.209 e. The Bertz CT molecular complexity index is 773. The summed E-state index contributed by atoms with van der Waals surface area (Å²) < 4.78 is 52.7. The third kappa shape index (κ3) is 4.42. The van der Waals surface area contributed by atoms with Crippen LogP contribution in [0.25, 0.3) is 0 Å². The van der Waals surface area contributed by atoms with Crippen molar-refractivity contribution in [3.05, 3.63) is 71.3 Å². The zero-order chi connectivity index (χ0) is 18.8. The number of nitrogens with one attached hydrogen (secondary N) is 1. The second-order valence-corrected chi connectivity index (χ2v) is 8.17. The zero-order valence-corrected chi connectivity index (χ0v) is 15.0. The molecule has 0 aliphatic carbocycles. The Morgan fingerprint density at radius 3 is 1.56 bits per heavy atom. The van der Waals surface area contributed by atoms with Crippen molar-refractivity contribution < 1.29 is 22.3 Å². The molecule has 0 radical (unpaired) electrons. The molecule has 136 valence electrons. The molecule has 1 atom stereocenters. The van der Waals surface area contributed by atoms with Crippen molar-refractivity contribution in [3.63, 3.8) is 0 Å². The van der Waals surface area contributed by atoms with Gasteiger partial charge in [0.2, 0.25) is 10.0 Å². The maximum atomic E-state index is 13.3. The van der Waals surface area contributed by atoms with Gasteiger partial charge in [-0.15, -0.1) is 0 Å². The van der Waals surface area contributed by atoms with Gasteiger partial charge in [0.05, 0.1) is 12.3 Å². The van der Waals surface area contributed by atoms with Crippen LogP contribution in [0.15, 0.2) is 48.5 Å². The number of aliphatic hydroxyl groups is 1. The molecule has 0 unspecified atom stereocenters. The van der Waals surface area contributed by atoms with Gasteiger partial charge in [-0.3, -0.25) is 0 Å². The highest BCUT2D eigenvalue weighted by atomic mass is 32.2. The van der Waals surface area contributed by atoms with E-state index < -0.39 is 33.3 Å². The molecule has 0 fully saturated rings. The average molecular weight is 369 g/mol. The van der Waals surface area contributed by atoms with Crippen molar-refractivity contribution in [1.82, 2.24) is 4.72 Å². The quantitative estimate of drug-likeness (QED) is 0.823. The van der Waals surface area contributed by atoms with Crippen LogP contribution in [0.2, 0.25) is 0 Å². The van der Waals surface area contributed by atoms with E-state index in [1.54, 1.807) is 13.8 Å². The summed E-state index contributed by atoms with van der Waals surface area (Å²) in [5.41, 5.74) is -1.20. The SMILES string of the molecule is CC(C)[C@H](NS(C)(=O)=O)C(O)(c1ccc(F)cc1)c1ccc(F)cc1. The van der Waals surface area contributed by atoms with Crippen LogP contribution in [0.1, 0.15) is 25.0 Å². The number of hydrogen-bond donors (Lipinski definition) is 2. The van der Waals surface area contributed by atoms with Crippen LogP contribution in [0.5, 0.6) is 0 Å². The Kier molecular flexibility index (Phi) is 5.61. The van der Waals surface area contributed by atoms with Gasteiger partial charge >= 0.3 is 0 Å². The molecule has 2 rings (SSSR count). The standard InChI is InChI=1S/C18H21F2NO3S/c1-12(2)17(21-25(3,23)24)18(22,13-4-8-15(19)9-5-13)14-6-10-16(20)11-7-14/h4-12,17,21-22H,1-3H3/t17-/m0/s1. The van der Waals surface area contributed by atoms with Gasteiger partial charge in [-0.1, -0.05) is 38.1 Å². The number of hydrogen-bond acceptors (Lipinski definition) is 3. The number of rotatable bonds is 6. The molecule has 0 amide bonds. The van der Waals surface area contributed by atoms with Crippen molar-refractivity contribution in [1.29, 1.82) is 0 Å². The Labute approximate surface area is 146 Å². The third-order valence-corrected chi connectivity index (χ3v) is 4.71. The topological polar surface area (TPSA) is 66.4 Å². The highest BCUT2D eigenvalue weighted by Gasteiger charge is 2.43. The molecule has 0 bridgehead atoms. The molecule has 7 heteroatoms. The molecular weight excluding hydrogens is 348 g/mol. The molecule has 4 nitrogen and oxygen atoms in total. The van der Waals surface area contributed by atoms with Crippen LogP contribution in [0, 0.1) is 17.6 Å². The van der Waals surface area contributed by atoms with Gasteiger partial charge in [-0.05, 0) is 41.3 Å². The Morgan fingerprint density at radius 1 is 0.920 bits per heavy atom. The lowest BCUT2D eigenvalue weighted by atomic mass is 9.76. The molecule has 0 aromatic heterocycles. The fourth-order valence-corrected chi connectivity index (χ4v) is 3.77. The van der Waals surface area contributed by atoms with Crippen LogP contribution < -0.4 is 4.72 Å². The van der Waals surface area contributed by atoms with Gasteiger partial charge in [0.1, 0.15) is 17.2 Å². The lowest BCUT2D eigenvalue weighted by Crippen LogP contribution is -2.54. The minimum Gasteiger partial charge on any atom is -0.379 e. The summed E-state index contributed by atoms with van der Waals surface area (Å²) in [5, 5.41) is 11.6. The molecule has 2 N–H and O–H groups in total. The smallest absolute Gasteiger partial charge is 0.209 e. The van der Waals surface area contributed by atoms with Gasteiger partial charge in [-0.25, -0.2) is 21.9 Å². The predicted molar refractivity (Wildman–Crippen MR) is 92.4 cm³/mol. The molecule has 0 saturated carbocycles. The Balaban J connectivity index is 2.69. The van der Waals surface area contributed by atoms with Crippen LogP contribution in [-0.2, 0) is 15.6 Å². The van der Waals surface area contributed by atoms with Crippen molar-refractivity contribution in [2.75, 3.05) is 6.26 Å². The first-order valence-electron chi connectivity index (χ1n) is 7.76. The first kappa shape index (κ1) is 19.5. The lowest BCUT2D eigenvalue weighted by Gasteiger charge is -2.39. The molecular formula is C18H21F2NO3S. The fraction of sp³-hybridized carbons (Fsp3) is 0.333. The average Bonchev–Trinajstić information content (AvgIpc) is 2.52. The second-order valence-electron chi connectivity index (χ2n) is 6.39. The van der Waals surface area contributed by atoms with E-state index in [2.05, 4.69) is 4.72 Å². The van der Waals surface area contributed by atoms with E-state index in [0.717, 1.165) is 6.26 Å². The van der Waals surface area contributed by atoms with Crippen molar-refractivity contribution in [3.8, 4) is 0 Å². The van der Waals surface area contributed by atoms with E-state index in [4.69, 9.17) is 0 Å². The highest BCUT2D eigenvalue weighted by molar-refractivity contribution is 7.88. The van der Waals surface area contributed by atoms with E-state index in [1.807, 2.05) is 0 Å². The van der Waals surface area contributed by atoms with Crippen molar-refractivity contribution in [2.45, 2.75) is 25.5 Å². The van der Waals surface area contributed by atoms with E-state index in [1.165, 1.54) is 48.5 Å². The summed E-state index contributed by atoms with van der Waals surface area (Å²) in [7, 11) is -3.64. The van der Waals surface area contributed by atoms with Crippen LogP contribution in [0.4, 0.5) is 8.78 Å².